The first-order chi connectivity index (χ1) is 9.67. The van der Waals surface area contributed by atoms with E-state index in [9.17, 15) is 0 Å². The number of halogens is 1. The largest absolute Gasteiger partial charge is 0.444 e. The zero-order chi connectivity index (χ0) is 14.8. The first kappa shape index (κ1) is 20.2. The number of hydrogen-bond acceptors (Lipinski definition) is 4. The number of aryl methyl sites for hydroxylation is 2. The van der Waals surface area contributed by atoms with Crippen molar-refractivity contribution in [2.75, 3.05) is 26.8 Å². The molecule has 0 amide bonds. The highest BCUT2D eigenvalue weighted by Crippen LogP contribution is 2.07. The normalized spacial score (nSPS) is 11.1. The highest BCUT2D eigenvalue weighted by Gasteiger charge is 2.05. The number of unbranched alkanes of at least 4 members (excludes halogenated alkanes) is 1. The van der Waals surface area contributed by atoms with E-state index in [0.717, 1.165) is 50.0 Å². The van der Waals surface area contributed by atoms with Gasteiger partial charge in [-0.05, 0) is 33.6 Å². The van der Waals surface area contributed by atoms with Crippen LogP contribution in [-0.4, -0.2) is 37.7 Å². The Balaban J connectivity index is 0.00000400. The van der Waals surface area contributed by atoms with E-state index in [1.54, 1.807) is 7.05 Å². The van der Waals surface area contributed by atoms with Crippen LogP contribution in [0.1, 0.15) is 37.1 Å². The van der Waals surface area contributed by atoms with Gasteiger partial charge >= 0.3 is 0 Å². The molecule has 0 aromatic carbocycles. The highest BCUT2D eigenvalue weighted by atomic mass is 127. The van der Waals surface area contributed by atoms with Crippen LogP contribution >= 0.6 is 24.0 Å². The van der Waals surface area contributed by atoms with Crippen molar-refractivity contribution in [1.29, 1.82) is 0 Å². The maximum Gasteiger partial charge on any atom is 0.214 e. The Morgan fingerprint density at radius 1 is 1.29 bits per heavy atom. The molecule has 0 atom stereocenters. The lowest BCUT2D eigenvalue weighted by molar-refractivity contribution is 0.143. The molecule has 6 nitrogen and oxygen atoms in total. The summed E-state index contributed by atoms with van der Waals surface area (Å²) in [6.45, 7) is 8.87. The van der Waals surface area contributed by atoms with E-state index in [1.807, 2.05) is 20.8 Å². The van der Waals surface area contributed by atoms with E-state index in [4.69, 9.17) is 9.15 Å². The highest BCUT2D eigenvalue weighted by molar-refractivity contribution is 14.0. The fourth-order valence-corrected chi connectivity index (χ4v) is 1.67. The van der Waals surface area contributed by atoms with Gasteiger partial charge in [-0.2, -0.15) is 0 Å². The summed E-state index contributed by atoms with van der Waals surface area (Å²) < 4.78 is 10.8. The van der Waals surface area contributed by atoms with Gasteiger partial charge < -0.3 is 19.8 Å². The molecule has 0 fully saturated rings. The summed E-state index contributed by atoms with van der Waals surface area (Å²) in [7, 11) is 1.75. The molecule has 0 saturated heterocycles. The van der Waals surface area contributed by atoms with Gasteiger partial charge in [0.15, 0.2) is 5.96 Å². The number of aromatic nitrogens is 1. The minimum Gasteiger partial charge on any atom is -0.444 e. The number of ether oxygens (including phenoxy) is 1. The zero-order valence-electron chi connectivity index (χ0n) is 13.4. The molecule has 0 unspecified atom stereocenters. The molecule has 0 aliphatic carbocycles. The average molecular weight is 410 g/mol. The van der Waals surface area contributed by atoms with Gasteiger partial charge in [0.1, 0.15) is 5.76 Å². The summed E-state index contributed by atoms with van der Waals surface area (Å²) in [5, 5.41) is 6.43. The standard InChI is InChI=1S/C14H26N4O2.HI/c1-5-19-9-7-6-8-16-14(15-4)17-10-13-18-11(2)12(3)20-13;/h5-10H2,1-4H3,(H2,15,16,17);1H. The fraction of sp³-hybridized carbons (Fsp3) is 0.714. The summed E-state index contributed by atoms with van der Waals surface area (Å²) in [4.78, 5) is 8.48. The van der Waals surface area contributed by atoms with Gasteiger partial charge in [0.2, 0.25) is 5.89 Å². The van der Waals surface area contributed by atoms with Crippen molar-refractivity contribution in [3.05, 3.63) is 17.3 Å². The Hall–Kier alpha value is -0.830. The lowest BCUT2D eigenvalue weighted by Gasteiger charge is -2.10. The average Bonchev–Trinajstić information content (AvgIpc) is 2.76. The molecular weight excluding hydrogens is 383 g/mol. The third kappa shape index (κ3) is 8.25. The van der Waals surface area contributed by atoms with Gasteiger partial charge in [-0.25, -0.2) is 4.98 Å². The molecule has 1 rings (SSSR count). The second-order valence-corrected chi connectivity index (χ2v) is 4.51. The Kier molecular flexibility index (Phi) is 11.3. The quantitative estimate of drug-likeness (QED) is 0.298. The van der Waals surface area contributed by atoms with Crippen LogP contribution < -0.4 is 10.6 Å². The van der Waals surface area contributed by atoms with Crippen LogP contribution in [0.3, 0.4) is 0 Å². The monoisotopic (exact) mass is 410 g/mol. The van der Waals surface area contributed by atoms with E-state index in [0.29, 0.717) is 12.4 Å². The van der Waals surface area contributed by atoms with Gasteiger partial charge in [0.25, 0.3) is 0 Å². The van der Waals surface area contributed by atoms with Crippen molar-refractivity contribution in [2.45, 2.75) is 40.2 Å². The van der Waals surface area contributed by atoms with E-state index >= 15 is 0 Å². The summed E-state index contributed by atoms with van der Waals surface area (Å²) in [5.41, 5.74) is 0.931. The number of rotatable bonds is 8. The lowest BCUT2D eigenvalue weighted by atomic mass is 10.3. The van der Waals surface area contributed by atoms with E-state index in [-0.39, 0.29) is 24.0 Å². The molecule has 1 aromatic heterocycles. The topological polar surface area (TPSA) is 71.7 Å². The minimum absolute atomic E-state index is 0. The van der Waals surface area contributed by atoms with Gasteiger partial charge in [-0.3, -0.25) is 4.99 Å². The Bertz CT molecular complexity index is 402. The Morgan fingerprint density at radius 2 is 2.05 bits per heavy atom. The molecule has 0 radical (unpaired) electrons. The molecule has 0 saturated carbocycles. The van der Waals surface area contributed by atoms with Crippen molar-refractivity contribution in [2.24, 2.45) is 4.99 Å². The molecule has 21 heavy (non-hydrogen) atoms. The zero-order valence-corrected chi connectivity index (χ0v) is 15.7. The summed E-state index contributed by atoms with van der Waals surface area (Å²) in [6.07, 6.45) is 2.11. The third-order valence-electron chi connectivity index (χ3n) is 2.92. The van der Waals surface area contributed by atoms with Crippen LogP contribution in [0, 0.1) is 13.8 Å². The summed E-state index contributed by atoms with van der Waals surface area (Å²) in [6, 6.07) is 0. The van der Waals surface area contributed by atoms with Crippen molar-refractivity contribution >= 4 is 29.9 Å². The molecule has 2 N–H and O–H groups in total. The number of nitrogens with zero attached hydrogens (tertiary/aromatic N) is 2. The molecule has 1 heterocycles. The number of nitrogens with one attached hydrogen (secondary N) is 2. The third-order valence-corrected chi connectivity index (χ3v) is 2.92. The second-order valence-electron chi connectivity index (χ2n) is 4.51. The molecule has 7 heteroatoms. The molecule has 0 aliphatic heterocycles. The summed E-state index contributed by atoms with van der Waals surface area (Å²) in [5.74, 6) is 2.30. The Labute approximate surface area is 144 Å². The van der Waals surface area contributed by atoms with Crippen molar-refractivity contribution < 1.29 is 9.15 Å². The molecule has 0 spiro atoms. The van der Waals surface area contributed by atoms with Crippen molar-refractivity contribution in [3.63, 3.8) is 0 Å². The number of guanidine groups is 1. The predicted octanol–water partition coefficient (Wildman–Crippen LogP) is 2.39. The van der Waals surface area contributed by atoms with Crippen LogP contribution in [0.4, 0.5) is 0 Å². The van der Waals surface area contributed by atoms with Crippen LogP contribution in [-0.2, 0) is 11.3 Å². The second kappa shape index (κ2) is 11.8. The van der Waals surface area contributed by atoms with Crippen molar-refractivity contribution in [1.82, 2.24) is 15.6 Å². The lowest BCUT2D eigenvalue weighted by Crippen LogP contribution is -2.37. The maximum atomic E-state index is 5.51. The minimum atomic E-state index is 0. The fourth-order valence-electron chi connectivity index (χ4n) is 1.67. The number of aliphatic imine (C=N–C) groups is 1. The SMILES string of the molecule is CCOCCCCNC(=NC)NCc1nc(C)c(C)o1.I. The Morgan fingerprint density at radius 3 is 2.62 bits per heavy atom. The molecule has 0 aliphatic rings. The molecule has 1 aromatic rings. The van der Waals surface area contributed by atoms with Gasteiger partial charge in [-0.15, -0.1) is 24.0 Å². The number of hydrogen-bond donors (Lipinski definition) is 2. The first-order valence-corrected chi connectivity index (χ1v) is 7.12. The van der Waals surface area contributed by atoms with Crippen molar-refractivity contribution in [3.8, 4) is 0 Å². The smallest absolute Gasteiger partial charge is 0.214 e. The van der Waals surface area contributed by atoms with Crippen LogP contribution in [0.25, 0.3) is 0 Å². The molecule has 0 bridgehead atoms. The summed E-state index contributed by atoms with van der Waals surface area (Å²) >= 11 is 0. The molecule has 122 valence electrons. The first-order valence-electron chi connectivity index (χ1n) is 7.12. The van der Waals surface area contributed by atoms with E-state index in [1.165, 1.54) is 0 Å². The van der Waals surface area contributed by atoms with Crippen LogP contribution in [0.15, 0.2) is 9.41 Å². The van der Waals surface area contributed by atoms with E-state index in [2.05, 4.69) is 20.6 Å². The van der Waals surface area contributed by atoms with Gasteiger partial charge in [0.05, 0.1) is 12.2 Å². The molecular formula is C14H27IN4O2. The van der Waals surface area contributed by atoms with Crippen LogP contribution in [0.5, 0.6) is 0 Å². The van der Waals surface area contributed by atoms with Gasteiger partial charge in [-0.1, -0.05) is 0 Å². The van der Waals surface area contributed by atoms with Crippen LogP contribution in [0.2, 0.25) is 0 Å². The predicted molar refractivity (Wildman–Crippen MR) is 95.3 cm³/mol. The van der Waals surface area contributed by atoms with E-state index < -0.39 is 0 Å². The maximum absolute atomic E-state index is 5.51. The van der Waals surface area contributed by atoms with Gasteiger partial charge in [0, 0.05) is 26.8 Å². The number of oxazole rings is 1.